The van der Waals surface area contributed by atoms with E-state index in [4.69, 9.17) is 5.53 Å². The molecule has 0 aliphatic heterocycles. The van der Waals surface area contributed by atoms with Crippen molar-refractivity contribution in [3.05, 3.63) is 56.5 Å². The van der Waals surface area contributed by atoms with Gasteiger partial charge in [0.1, 0.15) is 6.42 Å². The summed E-state index contributed by atoms with van der Waals surface area (Å²) in [7, 11) is 0. The van der Waals surface area contributed by atoms with Gasteiger partial charge in [0, 0.05) is 17.0 Å². The maximum atomic E-state index is 11.5. The number of allylic oxidation sites excluding steroid dienone is 1. The Bertz CT molecular complexity index is 650. The molecule has 0 amide bonds. The number of benzene rings is 1. The molecule has 0 saturated carbocycles. The second-order valence-electron chi connectivity index (χ2n) is 4.00. The number of carbonyl (C=O) groups excluding carboxylic acids is 2. The van der Waals surface area contributed by atoms with Gasteiger partial charge in [-0.3, -0.25) is 19.7 Å². The lowest BCUT2D eigenvalue weighted by molar-refractivity contribution is -0.384. The molecule has 0 atom stereocenters. The van der Waals surface area contributed by atoms with Crippen LogP contribution in [-0.4, -0.2) is 29.8 Å². The molecule has 0 aliphatic carbocycles. The van der Waals surface area contributed by atoms with E-state index in [-0.39, 0.29) is 18.8 Å². The van der Waals surface area contributed by atoms with Crippen LogP contribution in [0, 0.1) is 10.1 Å². The number of nitro benzene ring substituents is 1. The number of rotatable bonds is 8. The summed E-state index contributed by atoms with van der Waals surface area (Å²) in [5.74, 6) is -1.23. The molecule has 0 saturated heterocycles. The van der Waals surface area contributed by atoms with Crippen molar-refractivity contribution < 1.29 is 19.2 Å². The topological polar surface area (TPSA) is 135 Å². The van der Waals surface area contributed by atoms with Gasteiger partial charge in [0.2, 0.25) is 0 Å². The minimum absolute atomic E-state index is 0.0000471. The Morgan fingerprint density at radius 1 is 1.45 bits per heavy atom. The number of azide groups is 1. The summed E-state index contributed by atoms with van der Waals surface area (Å²) in [6, 6.07) is 5.73. The summed E-state index contributed by atoms with van der Waals surface area (Å²) < 4.78 is 4.67. The first-order valence-electron chi connectivity index (χ1n) is 6.15. The van der Waals surface area contributed by atoms with Crippen LogP contribution in [0.3, 0.4) is 0 Å². The third kappa shape index (κ3) is 6.31. The number of hydrogen-bond donors (Lipinski definition) is 0. The van der Waals surface area contributed by atoms with E-state index in [9.17, 15) is 19.7 Å². The van der Waals surface area contributed by atoms with E-state index in [0.29, 0.717) is 5.56 Å². The van der Waals surface area contributed by atoms with Crippen molar-refractivity contribution in [1.29, 1.82) is 0 Å². The van der Waals surface area contributed by atoms with Crippen LogP contribution in [0.2, 0.25) is 0 Å². The second kappa shape index (κ2) is 8.88. The molecule has 0 spiro atoms. The molecular formula is C13H12N4O5. The normalized spacial score (nSPS) is 10.0. The fourth-order valence-corrected chi connectivity index (χ4v) is 1.43. The molecular weight excluding hydrogens is 292 g/mol. The fraction of sp³-hybridized carbons (Fsp3) is 0.231. The lowest BCUT2D eigenvalue weighted by Gasteiger charge is -2.00. The van der Waals surface area contributed by atoms with Crippen molar-refractivity contribution in [1.82, 2.24) is 0 Å². The molecule has 1 rings (SSSR count). The quantitative estimate of drug-likeness (QED) is 0.0836. The highest BCUT2D eigenvalue weighted by molar-refractivity contribution is 6.03. The molecule has 9 heteroatoms. The number of ketones is 1. The van der Waals surface area contributed by atoms with E-state index in [2.05, 4.69) is 14.8 Å². The highest BCUT2D eigenvalue weighted by atomic mass is 16.6. The molecule has 0 heterocycles. The zero-order valence-corrected chi connectivity index (χ0v) is 11.4. The number of ether oxygens (including phenoxy) is 1. The third-order valence-corrected chi connectivity index (χ3v) is 2.38. The number of esters is 1. The van der Waals surface area contributed by atoms with Gasteiger partial charge in [-0.25, -0.2) is 0 Å². The molecule has 0 N–H and O–H groups in total. The van der Waals surface area contributed by atoms with Gasteiger partial charge < -0.3 is 4.74 Å². The SMILES string of the molecule is [N-]=[N+]=NCCOC(=O)CC(=O)C=Cc1cccc([N+](=O)[O-])c1. The number of hydrogen-bond acceptors (Lipinski definition) is 6. The highest BCUT2D eigenvalue weighted by Crippen LogP contribution is 2.14. The standard InChI is InChI=1S/C13H12N4O5/c14-16-15-6-7-22-13(19)9-12(18)5-4-10-2-1-3-11(8-10)17(20)21/h1-5,8H,6-7,9H2. The molecule has 0 unspecified atom stereocenters. The summed E-state index contributed by atoms with van der Waals surface area (Å²) in [6.45, 7) is -0.0925. The number of nitro groups is 1. The van der Waals surface area contributed by atoms with Gasteiger partial charge in [-0.15, -0.1) is 0 Å². The zero-order chi connectivity index (χ0) is 16.4. The second-order valence-corrected chi connectivity index (χ2v) is 4.00. The first-order chi connectivity index (χ1) is 10.5. The lowest BCUT2D eigenvalue weighted by Crippen LogP contribution is -2.11. The summed E-state index contributed by atoms with van der Waals surface area (Å²) in [4.78, 5) is 35.4. The molecule has 0 radical (unpaired) electrons. The maximum absolute atomic E-state index is 11.5. The van der Waals surface area contributed by atoms with E-state index < -0.39 is 23.1 Å². The fourth-order valence-electron chi connectivity index (χ4n) is 1.43. The molecule has 1 aromatic rings. The van der Waals surface area contributed by atoms with E-state index in [1.807, 2.05) is 0 Å². The molecule has 0 aromatic heterocycles. The minimum atomic E-state index is -0.734. The molecule has 9 nitrogen and oxygen atoms in total. The van der Waals surface area contributed by atoms with Gasteiger partial charge >= 0.3 is 5.97 Å². The largest absolute Gasteiger partial charge is 0.465 e. The van der Waals surface area contributed by atoms with Crippen molar-refractivity contribution in [2.24, 2.45) is 5.11 Å². The summed E-state index contributed by atoms with van der Waals surface area (Å²) in [6.07, 6.45) is 2.07. The van der Waals surface area contributed by atoms with Crippen LogP contribution in [0.25, 0.3) is 16.5 Å². The van der Waals surface area contributed by atoms with Crippen molar-refractivity contribution in [3.8, 4) is 0 Å². The highest BCUT2D eigenvalue weighted by Gasteiger charge is 2.08. The van der Waals surface area contributed by atoms with Crippen LogP contribution in [0.4, 0.5) is 5.69 Å². The monoisotopic (exact) mass is 304 g/mol. The Balaban J connectivity index is 2.50. The summed E-state index contributed by atoms with van der Waals surface area (Å²) >= 11 is 0. The van der Waals surface area contributed by atoms with Gasteiger partial charge in [0.05, 0.1) is 18.1 Å². The predicted molar refractivity (Wildman–Crippen MR) is 76.7 cm³/mol. The Kier molecular flexibility index (Phi) is 6.80. The van der Waals surface area contributed by atoms with Gasteiger partial charge in [-0.2, -0.15) is 0 Å². The van der Waals surface area contributed by atoms with Gasteiger partial charge in [0.25, 0.3) is 5.69 Å². The smallest absolute Gasteiger partial charge is 0.313 e. The Labute approximate surface area is 125 Å². The van der Waals surface area contributed by atoms with Crippen LogP contribution >= 0.6 is 0 Å². The molecule has 0 fully saturated rings. The van der Waals surface area contributed by atoms with E-state index in [1.54, 1.807) is 6.07 Å². The van der Waals surface area contributed by atoms with Gasteiger partial charge in [-0.05, 0) is 17.2 Å². The summed E-state index contributed by atoms with van der Waals surface area (Å²) in [5, 5.41) is 13.8. The first kappa shape index (κ1) is 16.9. The predicted octanol–water partition coefficient (Wildman–Crippen LogP) is 2.42. The van der Waals surface area contributed by atoms with E-state index >= 15 is 0 Å². The van der Waals surface area contributed by atoms with Crippen LogP contribution in [0.15, 0.2) is 35.5 Å². The van der Waals surface area contributed by atoms with E-state index in [1.165, 1.54) is 24.3 Å². The van der Waals surface area contributed by atoms with Gasteiger partial charge in [0.15, 0.2) is 5.78 Å². The number of non-ortho nitro benzene ring substituents is 1. The maximum Gasteiger partial charge on any atom is 0.313 e. The van der Waals surface area contributed by atoms with Crippen molar-refractivity contribution in [2.75, 3.05) is 13.2 Å². The van der Waals surface area contributed by atoms with Crippen LogP contribution in [0.1, 0.15) is 12.0 Å². The van der Waals surface area contributed by atoms with Crippen LogP contribution in [-0.2, 0) is 14.3 Å². The Hall–Kier alpha value is -3.19. The number of nitrogens with zero attached hydrogens (tertiary/aromatic N) is 4. The molecule has 22 heavy (non-hydrogen) atoms. The van der Waals surface area contributed by atoms with Crippen molar-refractivity contribution in [3.63, 3.8) is 0 Å². The zero-order valence-electron chi connectivity index (χ0n) is 11.4. The Morgan fingerprint density at radius 2 is 2.23 bits per heavy atom. The average Bonchev–Trinajstić information content (AvgIpc) is 2.50. The first-order valence-corrected chi connectivity index (χ1v) is 6.15. The van der Waals surface area contributed by atoms with Gasteiger partial charge in [-0.1, -0.05) is 23.3 Å². The molecule has 114 valence electrons. The molecule has 1 aromatic carbocycles. The number of carbonyl (C=O) groups is 2. The molecule has 0 aliphatic rings. The summed E-state index contributed by atoms with van der Waals surface area (Å²) in [5.41, 5.74) is 8.40. The minimum Gasteiger partial charge on any atom is -0.465 e. The third-order valence-electron chi connectivity index (χ3n) is 2.38. The van der Waals surface area contributed by atoms with Crippen LogP contribution < -0.4 is 0 Å². The lowest BCUT2D eigenvalue weighted by atomic mass is 10.1. The van der Waals surface area contributed by atoms with Crippen molar-refractivity contribution >= 4 is 23.5 Å². The average molecular weight is 304 g/mol. The Morgan fingerprint density at radius 3 is 2.91 bits per heavy atom. The molecule has 0 bridgehead atoms. The van der Waals surface area contributed by atoms with Crippen molar-refractivity contribution in [2.45, 2.75) is 6.42 Å². The van der Waals surface area contributed by atoms with E-state index in [0.717, 1.165) is 6.08 Å². The van der Waals surface area contributed by atoms with Crippen LogP contribution in [0.5, 0.6) is 0 Å².